The zero-order valence-corrected chi connectivity index (χ0v) is 8.86. The Kier molecular flexibility index (Phi) is 2.19. The Hall–Kier alpha value is -1.39. The Morgan fingerprint density at radius 2 is 2.31 bits per heavy atom. The monoisotopic (exact) mass is 218 g/mol. The molecule has 84 valence electrons. The van der Waals surface area contributed by atoms with Gasteiger partial charge in [-0.15, -0.1) is 0 Å². The second kappa shape index (κ2) is 3.57. The van der Waals surface area contributed by atoms with Crippen molar-refractivity contribution in [3.8, 4) is 0 Å². The van der Waals surface area contributed by atoms with Crippen molar-refractivity contribution in [2.45, 2.75) is 18.5 Å². The van der Waals surface area contributed by atoms with Gasteiger partial charge in [-0.3, -0.25) is 0 Å². The van der Waals surface area contributed by atoms with Crippen molar-refractivity contribution in [3.63, 3.8) is 0 Å². The van der Waals surface area contributed by atoms with E-state index in [1.807, 2.05) is 12.2 Å². The molecule has 0 aromatic rings. The molecule has 2 unspecified atom stereocenters. The zero-order valence-electron chi connectivity index (χ0n) is 8.86. The number of hydrogen-bond donors (Lipinski definition) is 3. The quantitative estimate of drug-likeness (QED) is 0.588. The average molecular weight is 218 g/mol. The number of carboxylic acids is 1. The maximum Gasteiger partial charge on any atom is 0.336 e. The van der Waals surface area contributed by atoms with E-state index in [0.717, 1.165) is 24.1 Å². The minimum Gasteiger partial charge on any atom is -0.478 e. The Bertz CT molecular complexity index is 434. The molecule has 0 bridgehead atoms. The summed E-state index contributed by atoms with van der Waals surface area (Å²) in [5.74, 6) is -0.795. The Labute approximate surface area is 93.7 Å². The van der Waals surface area contributed by atoms with Crippen molar-refractivity contribution < 1.29 is 9.90 Å². The summed E-state index contributed by atoms with van der Waals surface area (Å²) < 4.78 is 0. The predicted octanol–water partition coefficient (Wildman–Crippen LogP) is 0.198. The van der Waals surface area contributed by atoms with Crippen LogP contribution in [0.2, 0.25) is 0 Å². The Morgan fingerprint density at radius 3 is 3.12 bits per heavy atom. The molecule has 1 fully saturated rings. The van der Waals surface area contributed by atoms with Gasteiger partial charge in [0.2, 0.25) is 0 Å². The molecular weight excluding hydrogens is 204 g/mol. The summed E-state index contributed by atoms with van der Waals surface area (Å²) in [6.45, 7) is 1.52. The number of carbonyl (C=O) groups is 1. The Morgan fingerprint density at radius 1 is 1.44 bits per heavy atom. The lowest BCUT2D eigenvalue weighted by Crippen LogP contribution is -2.47. The summed E-state index contributed by atoms with van der Waals surface area (Å²) in [5, 5.41) is 16.1. The molecular formula is C12H14N2O2. The lowest BCUT2D eigenvalue weighted by molar-refractivity contribution is -0.132. The highest BCUT2D eigenvalue weighted by Crippen LogP contribution is 2.31. The molecule has 0 amide bonds. The van der Waals surface area contributed by atoms with Crippen LogP contribution >= 0.6 is 0 Å². The van der Waals surface area contributed by atoms with Crippen LogP contribution in [-0.2, 0) is 4.79 Å². The van der Waals surface area contributed by atoms with Crippen molar-refractivity contribution in [1.82, 2.24) is 10.6 Å². The molecule has 2 heterocycles. The number of aliphatic carboxylic acids is 1. The van der Waals surface area contributed by atoms with Crippen LogP contribution < -0.4 is 10.6 Å². The van der Waals surface area contributed by atoms with Crippen LogP contribution in [0.25, 0.3) is 0 Å². The first kappa shape index (κ1) is 9.81. The van der Waals surface area contributed by atoms with Gasteiger partial charge in [0.1, 0.15) is 0 Å². The molecule has 3 aliphatic rings. The molecule has 16 heavy (non-hydrogen) atoms. The van der Waals surface area contributed by atoms with Crippen LogP contribution in [0, 0.1) is 0 Å². The molecule has 4 heteroatoms. The van der Waals surface area contributed by atoms with E-state index in [1.54, 1.807) is 0 Å². The van der Waals surface area contributed by atoms with Crippen molar-refractivity contribution in [1.29, 1.82) is 0 Å². The van der Waals surface area contributed by atoms with Gasteiger partial charge in [0.15, 0.2) is 0 Å². The fourth-order valence-electron chi connectivity index (χ4n) is 2.75. The molecule has 4 nitrogen and oxygen atoms in total. The lowest BCUT2D eigenvalue weighted by atomic mass is 9.83. The lowest BCUT2D eigenvalue weighted by Gasteiger charge is -2.33. The molecule has 1 saturated heterocycles. The first-order chi connectivity index (χ1) is 7.77. The van der Waals surface area contributed by atoms with E-state index >= 15 is 0 Å². The van der Waals surface area contributed by atoms with Gasteiger partial charge in [0, 0.05) is 25.2 Å². The summed E-state index contributed by atoms with van der Waals surface area (Å²) in [6, 6.07) is 0.365. The van der Waals surface area contributed by atoms with Gasteiger partial charge in [0.25, 0.3) is 0 Å². The highest BCUT2D eigenvalue weighted by atomic mass is 16.4. The topological polar surface area (TPSA) is 61.4 Å². The van der Waals surface area contributed by atoms with Gasteiger partial charge in [-0.1, -0.05) is 18.2 Å². The minimum atomic E-state index is -0.795. The molecule has 0 aromatic carbocycles. The SMILES string of the molecule is O=C(O)C1=C2CNCC2NC2CC=CC=C12. The summed E-state index contributed by atoms with van der Waals surface area (Å²) in [5.41, 5.74) is 2.47. The minimum absolute atomic E-state index is 0.171. The number of allylic oxidation sites excluding steroid dienone is 2. The van der Waals surface area contributed by atoms with Crippen LogP contribution in [-0.4, -0.2) is 36.2 Å². The second-order valence-electron chi connectivity index (χ2n) is 4.39. The summed E-state index contributed by atoms with van der Waals surface area (Å²) in [7, 11) is 0. The normalized spacial score (nSPS) is 32.1. The van der Waals surface area contributed by atoms with E-state index in [2.05, 4.69) is 16.7 Å². The molecule has 2 aliphatic heterocycles. The summed E-state index contributed by atoms with van der Waals surface area (Å²) in [4.78, 5) is 11.4. The van der Waals surface area contributed by atoms with E-state index in [9.17, 15) is 9.90 Å². The van der Waals surface area contributed by atoms with Crippen molar-refractivity contribution >= 4 is 5.97 Å². The third-order valence-corrected chi connectivity index (χ3v) is 3.47. The number of carboxylic acid groups (broad SMARTS) is 1. The van der Waals surface area contributed by atoms with Crippen LogP contribution in [0.3, 0.4) is 0 Å². The van der Waals surface area contributed by atoms with E-state index < -0.39 is 5.97 Å². The third-order valence-electron chi connectivity index (χ3n) is 3.47. The van der Waals surface area contributed by atoms with Crippen molar-refractivity contribution in [2.75, 3.05) is 13.1 Å². The summed E-state index contributed by atoms with van der Waals surface area (Å²) >= 11 is 0. The maximum absolute atomic E-state index is 11.4. The Balaban J connectivity index is 2.13. The van der Waals surface area contributed by atoms with Gasteiger partial charge in [0.05, 0.1) is 5.57 Å². The molecule has 2 atom stereocenters. The van der Waals surface area contributed by atoms with Crippen LogP contribution in [0.1, 0.15) is 6.42 Å². The van der Waals surface area contributed by atoms with E-state index in [0.29, 0.717) is 12.1 Å². The van der Waals surface area contributed by atoms with Gasteiger partial charge in [-0.2, -0.15) is 0 Å². The first-order valence-electron chi connectivity index (χ1n) is 5.57. The highest BCUT2D eigenvalue weighted by molar-refractivity contribution is 5.94. The van der Waals surface area contributed by atoms with E-state index in [-0.39, 0.29) is 12.1 Å². The fourth-order valence-corrected chi connectivity index (χ4v) is 2.75. The first-order valence-corrected chi connectivity index (χ1v) is 5.57. The molecule has 0 spiro atoms. The van der Waals surface area contributed by atoms with Crippen molar-refractivity contribution in [3.05, 3.63) is 34.9 Å². The standard InChI is InChI=1S/C12H14N2O2/c15-12(16)11-7-3-1-2-4-9(7)14-10-6-13-5-8(10)11/h1-3,9-10,13-14H,4-6H2,(H,15,16). The molecule has 0 saturated carbocycles. The number of rotatable bonds is 1. The van der Waals surface area contributed by atoms with Gasteiger partial charge >= 0.3 is 5.97 Å². The third kappa shape index (κ3) is 1.34. The van der Waals surface area contributed by atoms with Gasteiger partial charge in [-0.05, 0) is 17.6 Å². The highest BCUT2D eigenvalue weighted by Gasteiger charge is 2.37. The maximum atomic E-state index is 11.4. The van der Waals surface area contributed by atoms with Crippen LogP contribution in [0.5, 0.6) is 0 Å². The molecule has 3 N–H and O–H groups in total. The van der Waals surface area contributed by atoms with Gasteiger partial charge < -0.3 is 15.7 Å². The van der Waals surface area contributed by atoms with Crippen LogP contribution in [0.15, 0.2) is 34.9 Å². The number of fused-ring (bicyclic) bond motifs is 2. The van der Waals surface area contributed by atoms with E-state index in [4.69, 9.17) is 0 Å². The number of nitrogens with one attached hydrogen (secondary N) is 2. The predicted molar refractivity (Wildman–Crippen MR) is 60.1 cm³/mol. The fraction of sp³-hybridized carbons (Fsp3) is 0.417. The largest absolute Gasteiger partial charge is 0.478 e. The van der Waals surface area contributed by atoms with Crippen molar-refractivity contribution in [2.24, 2.45) is 0 Å². The average Bonchev–Trinajstić information content (AvgIpc) is 2.72. The molecule has 1 aliphatic carbocycles. The van der Waals surface area contributed by atoms with Gasteiger partial charge in [-0.25, -0.2) is 4.79 Å². The molecule has 3 rings (SSSR count). The van der Waals surface area contributed by atoms with E-state index in [1.165, 1.54) is 0 Å². The smallest absolute Gasteiger partial charge is 0.336 e. The summed E-state index contributed by atoms with van der Waals surface area (Å²) in [6.07, 6.45) is 6.83. The molecule has 0 aromatic heterocycles. The second-order valence-corrected chi connectivity index (χ2v) is 4.39. The van der Waals surface area contributed by atoms with Crippen LogP contribution in [0.4, 0.5) is 0 Å². The molecule has 0 radical (unpaired) electrons. The zero-order chi connectivity index (χ0) is 11.1. The number of hydrogen-bond acceptors (Lipinski definition) is 3.